The van der Waals surface area contributed by atoms with Gasteiger partial charge in [-0.15, -0.1) is 0 Å². The standard InChI is InChI=1S/C11H9BrClNO5/c12-6-2-1-5(3-7(6)13)10(17)14-8(11(18)19)4-9(15)16/h1-3,8H,4H2,(H,14,17)(H,15,16)(H,18,19). The molecule has 1 aromatic rings. The molecule has 0 aliphatic carbocycles. The predicted octanol–water partition coefficient (Wildman–Crippen LogP) is 1.76. The number of aliphatic carboxylic acids is 2. The molecule has 19 heavy (non-hydrogen) atoms. The van der Waals surface area contributed by atoms with Gasteiger partial charge in [0.1, 0.15) is 6.04 Å². The van der Waals surface area contributed by atoms with E-state index in [9.17, 15) is 14.4 Å². The van der Waals surface area contributed by atoms with Crippen LogP contribution in [0.5, 0.6) is 0 Å². The average Bonchev–Trinajstić information content (AvgIpc) is 2.31. The molecule has 0 saturated carbocycles. The number of nitrogens with one attached hydrogen (secondary N) is 1. The van der Waals surface area contributed by atoms with Gasteiger partial charge in [0.2, 0.25) is 0 Å². The van der Waals surface area contributed by atoms with Crippen molar-refractivity contribution < 1.29 is 24.6 Å². The highest BCUT2D eigenvalue weighted by atomic mass is 79.9. The van der Waals surface area contributed by atoms with Crippen molar-refractivity contribution in [1.29, 1.82) is 0 Å². The summed E-state index contributed by atoms with van der Waals surface area (Å²) in [7, 11) is 0. The molecule has 0 radical (unpaired) electrons. The van der Waals surface area contributed by atoms with Crippen LogP contribution in [0.1, 0.15) is 16.8 Å². The number of amides is 1. The first-order valence-electron chi connectivity index (χ1n) is 5.01. The molecule has 0 aromatic heterocycles. The molecule has 6 nitrogen and oxygen atoms in total. The fraction of sp³-hybridized carbons (Fsp3) is 0.182. The Morgan fingerprint density at radius 3 is 2.42 bits per heavy atom. The van der Waals surface area contributed by atoms with Crippen molar-refractivity contribution in [3.8, 4) is 0 Å². The summed E-state index contributed by atoms with van der Waals surface area (Å²) in [5.41, 5.74) is 0.143. The van der Waals surface area contributed by atoms with Crippen LogP contribution in [0, 0.1) is 0 Å². The van der Waals surface area contributed by atoms with E-state index in [1.54, 1.807) is 0 Å². The number of hydrogen-bond acceptors (Lipinski definition) is 3. The maximum atomic E-state index is 11.8. The molecule has 0 spiro atoms. The molecule has 102 valence electrons. The summed E-state index contributed by atoms with van der Waals surface area (Å²) < 4.78 is 0.589. The monoisotopic (exact) mass is 349 g/mol. The lowest BCUT2D eigenvalue weighted by Gasteiger charge is -2.12. The molecule has 1 aromatic carbocycles. The van der Waals surface area contributed by atoms with Gasteiger partial charge in [-0.3, -0.25) is 9.59 Å². The Bertz CT molecular complexity index is 534. The van der Waals surface area contributed by atoms with E-state index in [-0.39, 0.29) is 10.6 Å². The number of benzene rings is 1. The van der Waals surface area contributed by atoms with E-state index in [1.807, 2.05) is 0 Å². The van der Waals surface area contributed by atoms with Crippen LogP contribution in [0.15, 0.2) is 22.7 Å². The van der Waals surface area contributed by atoms with E-state index in [4.69, 9.17) is 21.8 Å². The van der Waals surface area contributed by atoms with Gasteiger partial charge in [-0.1, -0.05) is 11.6 Å². The number of carbonyl (C=O) groups excluding carboxylic acids is 1. The summed E-state index contributed by atoms with van der Waals surface area (Å²) in [5, 5.41) is 19.8. The number of carbonyl (C=O) groups is 3. The molecule has 3 N–H and O–H groups in total. The molecule has 1 unspecified atom stereocenters. The van der Waals surface area contributed by atoms with Crippen LogP contribution >= 0.6 is 27.5 Å². The second-order valence-corrected chi connectivity index (χ2v) is 4.85. The minimum Gasteiger partial charge on any atom is -0.481 e. The summed E-state index contributed by atoms with van der Waals surface area (Å²) in [5.74, 6) is -3.44. The minimum atomic E-state index is -1.49. The number of rotatable bonds is 5. The number of hydrogen-bond donors (Lipinski definition) is 3. The smallest absolute Gasteiger partial charge is 0.326 e. The lowest BCUT2D eigenvalue weighted by atomic mass is 10.1. The van der Waals surface area contributed by atoms with Crippen molar-refractivity contribution in [2.75, 3.05) is 0 Å². The normalized spacial score (nSPS) is 11.7. The molecule has 0 aliphatic rings. The Balaban J connectivity index is 2.84. The highest BCUT2D eigenvalue weighted by molar-refractivity contribution is 9.10. The lowest BCUT2D eigenvalue weighted by Crippen LogP contribution is -2.42. The van der Waals surface area contributed by atoms with Crippen molar-refractivity contribution in [2.24, 2.45) is 0 Å². The van der Waals surface area contributed by atoms with Crippen LogP contribution in [0.4, 0.5) is 0 Å². The van der Waals surface area contributed by atoms with Crippen LogP contribution in [0.25, 0.3) is 0 Å². The third kappa shape index (κ3) is 4.53. The molecule has 0 heterocycles. The lowest BCUT2D eigenvalue weighted by molar-refractivity contribution is -0.145. The van der Waals surface area contributed by atoms with Crippen molar-refractivity contribution in [1.82, 2.24) is 5.32 Å². The molecule has 0 bridgehead atoms. The van der Waals surface area contributed by atoms with Gasteiger partial charge < -0.3 is 15.5 Å². The number of carboxylic acid groups (broad SMARTS) is 2. The third-order valence-corrected chi connectivity index (χ3v) is 3.40. The van der Waals surface area contributed by atoms with Gasteiger partial charge in [0.25, 0.3) is 5.91 Å². The Labute approximate surface area is 121 Å². The van der Waals surface area contributed by atoms with E-state index in [0.29, 0.717) is 4.47 Å². The molecular weight excluding hydrogens is 341 g/mol. The van der Waals surface area contributed by atoms with Gasteiger partial charge in [-0.05, 0) is 34.1 Å². The first-order valence-corrected chi connectivity index (χ1v) is 6.19. The summed E-state index contributed by atoms with van der Waals surface area (Å²) in [6.45, 7) is 0. The van der Waals surface area contributed by atoms with E-state index < -0.39 is 30.3 Å². The van der Waals surface area contributed by atoms with Gasteiger partial charge in [0.15, 0.2) is 0 Å². The summed E-state index contributed by atoms with van der Waals surface area (Å²) in [6, 6.07) is 2.82. The Morgan fingerprint density at radius 2 is 1.95 bits per heavy atom. The highest BCUT2D eigenvalue weighted by Crippen LogP contribution is 2.23. The maximum Gasteiger partial charge on any atom is 0.326 e. The van der Waals surface area contributed by atoms with Gasteiger partial charge >= 0.3 is 11.9 Å². The maximum absolute atomic E-state index is 11.8. The molecule has 0 saturated heterocycles. The average molecular weight is 351 g/mol. The van der Waals surface area contributed by atoms with E-state index in [2.05, 4.69) is 21.2 Å². The molecule has 1 rings (SSSR count). The first kappa shape index (κ1) is 15.5. The topological polar surface area (TPSA) is 104 Å². The number of halogens is 2. The summed E-state index contributed by atoms with van der Waals surface area (Å²) in [6.07, 6.45) is -0.703. The van der Waals surface area contributed by atoms with Crippen molar-refractivity contribution in [2.45, 2.75) is 12.5 Å². The van der Waals surface area contributed by atoms with Gasteiger partial charge in [-0.25, -0.2) is 4.79 Å². The Morgan fingerprint density at radius 1 is 1.32 bits per heavy atom. The first-order chi connectivity index (χ1) is 8.81. The van der Waals surface area contributed by atoms with Crippen LogP contribution in [-0.2, 0) is 9.59 Å². The molecule has 1 amide bonds. The zero-order valence-corrected chi connectivity index (χ0v) is 11.7. The van der Waals surface area contributed by atoms with Crippen LogP contribution in [0.2, 0.25) is 5.02 Å². The molecule has 8 heteroatoms. The van der Waals surface area contributed by atoms with Crippen LogP contribution in [0.3, 0.4) is 0 Å². The van der Waals surface area contributed by atoms with Crippen molar-refractivity contribution in [3.63, 3.8) is 0 Å². The van der Waals surface area contributed by atoms with Crippen LogP contribution in [-0.4, -0.2) is 34.1 Å². The van der Waals surface area contributed by atoms with Gasteiger partial charge in [-0.2, -0.15) is 0 Å². The largest absolute Gasteiger partial charge is 0.481 e. The Hall–Kier alpha value is -1.60. The van der Waals surface area contributed by atoms with E-state index in [1.165, 1.54) is 18.2 Å². The molecular formula is C11H9BrClNO5. The second kappa shape index (κ2) is 6.53. The van der Waals surface area contributed by atoms with E-state index >= 15 is 0 Å². The third-order valence-electron chi connectivity index (χ3n) is 2.16. The Kier molecular flexibility index (Phi) is 5.31. The van der Waals surface area contributed by atoms with Crippen LogP contribution < -0.4 is 5.32 Å². The van der Waals surface area contributed by atoms with Crippen molar-refractivity contribution >= 4 is 45.4 Å². The van der Waals surface area contributed by atoms with Crippen molar-refractivity contribution in [3.05, 3.63) is 33.3 Å². The summed E-state index contributed by atoms with van der Waals surface area (Å²) in [4.78, 5) is 33.1. The molecule has 0 aliphatic heterocycles. The van der Waals surface area contributed by atoms with Gasteiger partial charge in [0, 0.05) is 10.0 Å². The molecule has 1 atom stereocenters. The van der Waals surface area contributed by atoms with E-state index in [0.717, 1.165) is 0 Å². The predicted molar refractivity (Wildman–Crippen MR) is 70.3 cm³/mol. The number of carboxylic acids is 2. The molecule has 0 fully saturated rings. The second-order valence-electron chi connectivity index (χ2n) is 3.59. The SMILES string of the molecule is O=C(O)CC(NC(=O)c1ccc(Br)c(Cl)c1)C(=O)O. The fourth-order valence-electron chi connectivity index (χ4n) is 1.25. The summed E-state index contributed by atoms with van der Waals surface area (Å²) >= 11 is 8.95. The fourth-order valence-corrected chi connectivity index (χ4v) is 1.68. The highest BCUT2D eigenvalue weighted by Gasteiger charge is 2.23. The van der Waals surface area contributed by atoms with Gasteiger partial charge in [0.05, 0.1) is 11.4 Å². The zero-order valence-electron chi connectivity index (χ0n) is 9.39. The minimum absolute atomic E-state index is 0.143. The quantitative estimate of drug-likeness (QED) is 0.751. The zero-order chi connectivity index (χ0) is 14.6.